The number of benzene rings is 1. The molecular weight excluding hydrogens is 276 g/mol. The predicted molar refractivity (Wildman–Crippen MR) is 73.4 cm³/mol. The molecule has 0 fully saturated rings. The van der Waals surface area contributed by atoms with Crippen LogP contribution in [0.2, 0.25) is 0 Å². The Bertz CT molecular complexity index is 780. The number of hydrogen-bond donors (Lipinski definition) is 0. The molecule has 0 bridgehead atoms. The van der Waals surface area contributed by atoms with Crippen molar-refractivity contribution < 1.29 is 13.6 Å². The molecule has 108 valence electrons. The summed E-state index contributed by atoms with van der Waals surface area (Å²) in [4.78, 5) is 23.9. The molecule has 0 aliphatic heterocycles. The van der Waals surface area contributed by atoms with Crippen LogP contribution in [0.3, 0.4) is 0 Å². The molecule has 1 aromatic carbocycles. The number of pyridine rings is 1. The number of fused-ring (bicyclic) bond motifs is 1. The van der Waals surface area contributed by atoms with Crippen LogP contribution in [0.4, 0.5) is 8.78 Å². The highest BCUT2D eigenvalue weighted by molar-refractivity contribution is 5.97. The first-order valence-electron chi connectivity index (χ1n) is 6.76. The van der Waals surface area contributed by atoms with Crippen molar-refractivity contribution in [1.29, 1.82) is 0 Å². The van der Waals surface area contributed by atoms with E-state index in [1.54, 1.807) is 0 Å². The molecule has 5 heteroatoms. The van der Waals surface area contributed by atoms with Crippen LogP contribution in [0.1, 0.15) is 34.5 Å². The number of carbonyl (C=O) groups excluding carboxylic acids is 1. The number of aromatic nitrogens is 1. The maximum atomic E-state index is 13.8. The Hall–Kier alpha value is -2.30. The van der Waals surface area contributed by atoms with Crippen molar-refractivity contribution in [2.75, 3.05) is 0 Å². The third-order valence-corrected chi connectivity index (χ3v) is 3.76. The number of nitrogens with zero attached hydrogens (tertiary/aromatic N) is 1. The van der Waals surface area contributed by atoms with Crippen LogP contribution in [-0.2, 0) is 13.0 Å². The second kappa shape index (κ2) is 5.24. The quantitative estimate of drug-likeness (QED) is 0.852. The first kappa shape index (κ1) is 13.7. The summed E-state index contributed by atoms with van der Waals surface area (Å²) in [6.07, 6.45) is 1.76. The van der Waals surface area contributed by atoms with E-state index < -0.39 is 11.6 Å². The summed E-state index contributed by atoms with van der Waals surface area (Å²) < 4.78 is 28.1. The smallest absolute Gasteiger partial charge is 0.251 e. The van der Waals surface area contributed by atoms with Gasteiger partial charge in [0.05, 0.1) is 6.54 Å². The van der Waals surface area contributed by atoms with Crippen LogP contribution in [0.25, 0.3) is 0 Å². The number of carbonyl (C=O) groups is 1. The van der Waals surface area contributed by atoms with Gasteiger partial charge in [-0.05, 0) is 25.0 Å². The second-order valence-electron chi connectivity index (χ2n) is 5.13. The highest BCUT2D eigenvalue weighted by Crippen LogP contribution is 2.21. The fourth-order valence-electron chi connectivity index (χ4n) is 2.69. The van der Waals surface area contributed by atoms with E-state index in [9.17, 15) is 18.4 Å². The second-order valence-corrected chi connectivity index (χ2v) is 5.13. The number of Topliss-reactive ketones (excluding diaryl/α,β-unsaturated/α-hetero) is 1. The Kier molecular flexibility index (Phi) is 3.41. The number of rotatable bonds is 2. The lowest BCUT2D eigenvalue weighted by atomic mass is 9.94. The maximum absolute atomic E-state index is 13.8. The third-order valence-electron chi connectivity index (χ3n) is 3.76. The van der Waals surface area contributed by atoms with E-state index in [0.29, 0.717) is 30.5 Å². The first-order chi connectivity index (χ1) is 10.1. The number of ketones is 1. The monoisotopic (exact) mass is 289 g/mol. The molecule has 3 rings (SSSR count). The molecular formula is C16H13F2NO2. The molecule has 1 heterocycles. The lowest BCUT2D eigenvalue weighted by Crippen LogP contribution is -2.28. The number of hydrogen-bond acceptors (Lipinski definition) is 2. The first-order valence-corrected chi connectivity index (χ1v) is 6.76. The minimum atomic E-state index is -0.693. The van der Waals surface area contributed by atoms with Gasteiger partial charge in [-0.15, -0.1) is 0 Å². The Balaban J connectivity index is 2.08. The molecule has 0 saturated carbocycles. The van der Waals surface area contributed by atoms with Crippen LogP contribution < -0.4 is 5.56 Å². The fraction of sp³-hybridized carbons (Fsp3) is 0.250. The van der Waals surface area contributed by atoms with E-state index in [4.69, 9.17) is 0 Å². The summed E-state index contributed by atoms with van der Waals surface area (Å²) in [7, 11) is 0. The van der Waals surface area contributed by atoms with Gasteiger partial charge in [-0.2, -0.15) is 0 Å². The highest BCUT2D eigenvalue weighted by atomic mass is 19.1. The van der Waals surface area contributed by atoms with Crippen LogP contribution in [-0.4, -0.2) is 10.4 Å². The van der Waals surface area contributed by atoms with Gasteiger partial charge in [0.1, 0.15) is 11.6 Å². The molecule has 1 aliphatic carbocycles. The maximum Gasteiger partial charge on any atom is 0.251 e. The van der Waals surface area contributed by atoms with E-state index in [0.717, 1.165) is 12.1 Å². The average molecular weight is 289 g/mol. The predicted octanol–water partition coefficient (Wildman–Crippen LogP) is 2.69. The average Bonchev–Trinajstić information content (AvgIpc) is 2.44. The van der Waals surface area contributed by atoms with Gasteiger partial charge in [-0.3, -0.25) is 9.59 Å². The molecule has 0 amide bonds. The Morgan fingerprint density at radius 2 is 1.86 bits per heavy atom. The van der Waals surface area contributed by atoms with E-state index in [1.165, 1.54) is 22.8 Å². The molecule has 0 saturated heterocycles. The van der Waals surface area contributed by atoms with Crippen LogP contribution in [0.5, 0.6) is 0 Å². The molecule has 0 radical (unpaired) electrons. The summed E-state index contributed by atoms with van der Waals surface area (Å²) >= 11 is 0. The molecule has 0 unspecified atom stereocenters. The lowest BCUT2D eigenvalue weighted by molar-refractivity contribution is 0.0970. The number of halogens is 2. The summed E-state index contributed by atoms with van der Waals surface area (Å²) in [6.45, 7) is 0.00139. The van der Waals surface area contributed by atoms with Crippen LogP contribution >= 0.6 is 0 Å². The SMILES string of the molecule is O=C1CCCc2c1ccc(=O)n2Cc1ccc(F)cc1F. The zero-order chi connectivity index (χ0) is 15.0. The Labute approximate surface area is 119 Å². The summed E-state index contributed by atoms with van der Waals surface area (Å²) in [5, 5.41) is 0. The van der Waals surface area contributed by atoms with Gasteiger partial charge < -0.3 is 4.57 Å². The summed E-state index contributed by atoms with van der Waals surface area (Å²) in [5.41, 5.74) is 1.11. The van der Waals surface area contributed by atoms with Crippen LogP contribution in [0, 0.1) is 11.6 Å². The van der Waals surface area contributed by atoms with Gasteiger partial charge in [0.25, 0.3) is 5.56 Å². The van der Waals surface area contributed by atoms with Gasteiger partial charge in [-0.1, -0.05) is 6.07 Å². The van der Waals surface area contributed by atoms with E-state index >= 15 is 0 Å². The van der Waals surface area contributed by atoms with Gasteiger partial charge in [0, 0.05) is 35.4 Å². The van der Waals surface area contributed by atoms with Gasteiger partial charge in [0.15, 0.2) is 5.78 Å². The van der Waals surface area contributed by atoms with Crippen molar-refractivity contribution in [2.45, 2.75) is 25.8 Å². The van der Waals surface area contributed by atoms with Crippen molar-refractivity contribution in [2.24, 2.45) is 0 Å². The van der Waals surface area contributed by atoms with Crippen molar-refractivity contribution in [3.8, 4) is 0 Å². The lowest BCUT2D eigenvalue weighted by Gasteiger charge is -2.20. The molecule has 2 aromatic rings. The zero-order valence-electron chi connectivity index (χ0n) is 11.2. The summed E-state index contributed by atoms with van der Waals surface area (Å²) in [6, 6.07) is 6.13. The standard InChI is InChI=1S/C16H13F2NO2/c17-11-5-4-10(13(18)8-11)9-19-14-2-1-3-15(20)12(14)6-7-16(19)21/h4-8H,1-3,9H2. The molecule has 1 aliphatic rings. The molecule has 0 atom stereocenters. The van der Waals surface area contributed by atoms with E-state index in [1.807, 2.05) is 0 Å². The molecule has 0 N–H and O–H groups in total. The normalized spacial score (nSPS) is 14.1. The van der Waals surface area contributed by atoms with Crippen molar-refractivity contribution in [3.63, 3.8) is 0 Å². The third kappa shape index (κ3) is 2.51. The van der Waals surface area contributed by atoms with Crippen LogP contribution in [0.15, 0.2) is 35.1 Å². The van der Waals surface area contributed by atoms with E-state index in [2.05, 4.69) is 0 Å². The minimum Gasteiger partial charge on any atom is -0.307 e. The molecule has 0 spiro atoms. The van der Waals surface area contributed by atoms with Crippen molar-refractivity contribution >= 4 is 5.78 Å². The van der Waals surface area contributed by atoms with Gasteiger partial charge >= 0.3 is 0 Å². The minimum absolute atomic E-state index is 0.00139. The molecule has 1 aromatic heterocycles. The van der Waals surface area contributed by atoms with Crippen molar-refractivity contribution in [1.82, 2.24) is 4.57 Å². The largest absolute Gasteiger partial charge is 0.307 e. The van der Waals surface area contributed by atoms with Crippen molar-refractivity contribution in [3.05, 3.63) is 69.1 Å². The molecule has 21 heavy (non-hydrogen) atoms. The Morgan fingerprint density at radius 3 is 2.62 bits per heavy atom. The van der Waals surface area contributed by atoms with Gasteiger partial charge in [-0.25, -0.2) is 8.78 Å². The van der Waals surface area contributed by atoms with E-state index in [-0.39, 0.29) is 23.5 Å². The fourth-order valence-corrected chi connectivity index (χ4v) is 2.69. The Morgan fingerprint density at radius 1 is 1.05 bits per heavy atom. The summed E-state index contributed by atoms with van der Waals surface area (Å²) in [5.74, 6) is -1.35. The highest BCUT2D eigenvalue weighted by Gasteiger charge is 2.21. The zero-order valence-corrected chi connectivity index (χ0v) is 11.2. The topological polar surface area (TPSA) is 39.1 Å². The van der Waals surface area contributed by atoms with Gasteiger partial charge in [0.2, 0.25) is 0 Å². The molecule has 3 nitrogen and oxygen atoms in total.